The van der Waals surface area contributed by atoms with Gasteiger partial charge in [0.05, 0.1) is 10.2 Å². The maximum absolute atomic E-state index is 12.9. The highest BCUT2D eigenvalue weighted by Gasteiger charge is 2.17. The number of hydrogen-bond donors (Lipinski definition) is 1. The van der Waals surface area contributed by atoms with Gasteiger partial charge in [-0.3, -0.25) is 9.78 Å². The molecule has 4 nitrogen and oxygen atoms in total. The van der Waals surface area contributed by atoms with Crippen LogP contribution in [0.4, 0.5) is 0 Å². The lowest BCUT2D eigenvalue weighted by Gasteiger charge is -2.19. The molecule has 1 amide bonds. The van der Waals surface area contributed by atoms with Crippen molar-refractivity contribution in [2.45, 2.75) is 39.3 Å². The van der Waals surface area contributed by atoms with Crippen molar-refractivity contribution in [2.75, 3.05) is 0 Å². The summed E-state index contributed by atoms with van der Waals surface area (Å²) in [6.07, 6.45) is 3.48. The quantitative estimate of drug-likeness (QED) is 0.487. The lowest BCUT2D eigenvalue weighted by molar-refractivity contribution is 0.0942. The molecule has 0 aliphatic heterocycles. The van der Waals surface area contributed by atoms with Crippen molar-refractivity contribution < 1.29 is 4.79 Å². The zero-order valence-corrected chi connectivity index (χ0v) is 17.8. The normalized spacial score (nSPS) is 11.7. The molecule has 0 aliphatic rings. The molecule has 3 aromatic heterocycles. The molecule has 0 saturated carbocycles. The van der Waals surface area contributed by atoms with Crippen LogP contribution in [0.5, 0.6) is 0 Å². The number of aromatic nitrogens is 2. The first-order valence-electron chi connectivity index (χ1n) is 9.75. The summed E-state index contributed by atoms with van der Waals surface area (Å²) < 4.78 is 3.24. The third kappa shape index (κ3) is 4.25. The number of benzene rings is 1. The molecule has 148 valence electrons. The number of pyridine rings is 1. The van der Waals surface area contributed by atoms with E-state index in [1.807, 2.05) is 18.2 Å². The fourth-order valence-electron chi connectivity index (χ4n) is 3.40. The Bertz CT molecular complexity index is 1120. The smallest absolute Gasteiger partial charge is 0.268 e. The summed E-state index contributed by atoms with van der Waals surface area (Å²) in [5, 5.41) is 5.11. The monoisotopic (exact) mass is 403 g/mol. The van der Waals surface area contributed by atoms with E-state index in [2.05, 4.69) is 71.4 Å². The van der Waals surface area contributed by atoms with Gasteiger partial charge in [0, 0.05) is 25.5 Å². The van der Waals surface area contributed by atoms with Crippen molar-refractivity contribution in [3.05, 3.63) is 88.7 Å². The van der Waals surface area contributed by atoms with E-state index in [0.29, 0.717) is 18.8 Å². The molecule has 0 unspecified atom stereocenters. The average molecular weight is 404 g/mol. The summed E-state index contributed by atoms with van der Waals surface area (Å²) in [4.78, 5) is 17.0. The lowest BCUT2D eigenvalue weighted by atomic mass is 9.87. The number of nitrogens with zero attached hydrogens (tertiary/aromatic N) is 2. The van der Waals surface area contributed by atoms with Crippen LogP contribution in [0, 0.1) is 0 Å². The molecule has 0 spiro atoms. The van der Waals surface area contributed by atoms with Crippen molar-refractivity contribution >= 4 is 27.5 Å². The Morgan fingerprint density at radius 3 is 2.45 bits per heavy atom. The van der Waals surface area contributed by atoms with Crippen LogP contribution in [0.1, 0.15) is 48.0 Å². The first-order valence-corrected chi connectivity index (χ1v) is 10.6. The second-order valence-electron chi connectivity index (χ2n) is 8.27. The molecule has 29 heavy (non-hydrogen) atoms. The Balaban J connectivity index is 1.58. The van der Waals surface area contributed by atoms with E-state index in [1.165, 1.54) is 11.1 Å². The molecule has 1 N–H and O–H groups in total. The van der Waals surface area contributed by atoms with Gasteiger partial charge < -0.3 is 9.88 Å². The van der Waals surface area contributed by atoms with Crippen LogP contribution in [-0.2, 0) is 18.5 Å². The predicted molar refractivity (Wildman–Crippen MR) is 119 cm³/mol. The van der Waals surface area contributed by atoms with E-state index >= 15 is 0 Å². The summed E-state index contributed by atoms with van der Waals surface area (Å²) in [6, 6.07) is 16.6. The molecule has 0 saturated heterocycles. The van der Waals surface area contributed by atoms with Gasteiger partial charge in [-0.25, -0.2) is 0 Å². The molecular weight excluding hydrogens is 378 g/mol. The summed E-state index contributed by atoms with van der Waals surface area (Å²) in [7, 11) is 0. The fourth-order valence-corrected chi connectivity index (χ4v) is 4.22. The van der Waals surface area contributed by atoms with Crippen molar-refractivity contribution in [1.82, 2.24) is 14.9 Å². The van der Waals surface area contributed by atoms with Gasteiger partial charge in [0.2, 0.25) is 0 Å². The van der Waals surface area contributed by atoms with Crippen LogP contribution < -0.4 is 5.32 Å². The number of rotatable bonds is 5. The summed E-state index contributed by atoms with van der Waals surface area (Å²) in [6.45, 7) is 7.80. The number of fused-ring (bicyclic) bond motifs is 1. The molecule has 0 fully saturated rings. The minimum absolute atomic E-state index is 0.0588. The molecule has 5 heteroatoms. The van der Waals surface area contributed by atoms with Gasteiger partial charge in [0.1, 0.15) is 5.69 Å². The highest BCUT2D eigenvalue weighted by molar-refractivity contribution is 7.17. The predicted octanol–water partition coefficient (Wildman–Crippen LogP) is 5.37. The molecule has 0 radical (unpaired) electrons. The van der Waals surface area contributed by atoms with Gasteiger partial charge in [0.15, 0.2) is 0 Å². The minimum Gasteiger partial charge on any atom is -0.347 e. The average Bonchev–Trinajstić information content (AvgIpc) is 3.29. The second-order valence-corrected chi connectivity index (χ2v) is 9.22. The topological polar surface area (TPSA) is 46.9 Å². The highest BCUT2D eigenvalue weighted by Crippen LogP contribution is 2.27. The van der Waals surface area contributed by atoms with E-state index in [9.17, 15) is 4.79 Å². The third-order valence-corrected chi connectivity index (χ3v) is 5.97. The van der Waals surface area contributed by atoms with Gasteiger partial charge >= 0.3 is 0 Å². The standard InChI is InChI=1S/C24H25N3OS/c1-24(2,3)19-6-4-18(5-7-19)16-27-20-10-13-29-22(20)14-21(27)23(28)26-15-17-8-11-25-12-9-17/h4-14H,15-16H2,1-3H3,(H,26,28). The van der Waals surface area contributed by atoms with Crippen LogP contribution in [0.15, 0.2) is 66.3 Å². The fraction of sp³-hybridized carbons (Fsp3) is 0.250. The molecular formula is C24H25N3OS. The van der Waals surface area contributed by atoms with Crippen LogP contribution in [-0.4, -0.2) is 15.5 Å². The Labute approximate surface area is 175 Å². The maximum atomic E-state index is 12.9. The van der Waals surface area contributed by atoms with Crippen molar-refractivity contribution in [2.24, 2.45) is 0 Å². The van der Waals surface area contributed by atoms with Crippen LogP contribution >= 0.6 is 11.3 Å². The molecule has 0 atom stereocenters. The Morgan fingerprint density at radius 1 is 1.03 bits per heavy atom. The van der Waals surface area contributed by atoms with Crippen molar-refractivity contribution in [1.29, 1.82) is 0 Å². The molecule has 0 aliphatic carbocycles. The maximum Gasteiger partial charge on any atom is 0.268 e. The summed E-state index contributed by atoms with van der Waals surface area (Å²) >= 11 is 1.66. The third-order valence-electron chi connectivity index (χ3n) is 5.12. The summed E-state index contributed by atoms with van der Waals surface area (Å²) in [5.74, 6) is -0.0588. The molecule has 0 bridgehead atoms. The lowest BCUT2D eigenvalue weighted by Crippen LogP contribution is -2.25. The second kappa shape index (κ2) is 7.84. The van der Waals surface area contributed by atoms with Crippen LogP contribution in [0.3, 0.4) is 0 Å². The van der Waals surface area contributed by atoms with E-state index in [0.717, 1.165) is 15.8 Å². The van der Waals surface area contributed by atoms with E-state index in [1.54, 1.807) is 23.7 Å². The number of carbonyl (C=O) groups is 1. The van der Waals surface area contributed by atoms with Gasteiger partial charge in [-0.2, -0.15) is 0 Å². The number of carbonyl (C=O) groups excluding carboxylic acids is 1. The Hall–Kier alpha value is -2.92. The molecule has 4 aromatic rings. The zero-order chi connectivity index (χ0) is 20.4. The van der Waals surface area contributed by atoms with Gasteiger partial charge in [-0.15, -0.1) is 11.3 Å². The van der Waals surface area contributed by atoms with Crippen molar-refractivity contribution in [3.8, 4) is 0 Å². The van der Waals surface area contributed by atoms with Crippen LogP contribution in [0.2, 0.25) is 0 Å². The zero-order valence-electron chi connectivity index (χ0n) is 17.0. The number of amides is 1. The van der Waals surface area contributed by atoms with Gasteiger partial charge in [-0.05, 0) is 51.8 Å². The van der Waals surface area contributed by atoms with Gasteiger partial charge in [0.25, 0.3) is 5.91 Å². The molecule has 4 rings (SSSR count). The van der Waals surface area contributed by atoms with Crippen molar-refractivity contribution in [3.63, 3.8) is 0 Å². The van der Waals surface area contributed by atoms with E-state index in [4.69, 9.17) is 0 Å². The van der Waals surface area contributed by atoms with E-state index in [-0.39, 0.29) is 11.3 Å². The minimum atomic E-state index is -0.0588. The molecule has 3 heterocycles. The number of thiophene rings is 1. The highest BCUT2D eigenvalue weighted by atomic mass is 32.1. The Kier molecular flexibility index (Phi) is 5.24. The van der Waals surface area contributed by atoms with Crippen LogP contribution in [0.25, 0.3) is 10.2 Å². The first-order chi connectivity index (χ1) is 13.9. The SMILES string of the molecule is CC(C)(C)c1ccc(Cn2c(C(=O)NCc3ccncc3)cc3sccc32)cc1. The summed E-state index contributed by atoms with van der Waals surface area (Å²) in [5.41, 5.74) is 5.45. The first kappa shape index (κ1) is 19.4. The largest absolute Gasteiger partial charge is 0.347 e. The molecule has 1 aromatic carbocycles. The number of hydrogen-bond acceptors (Lipinski definition) is 3. The van der Waals surface area contributed by atoms with Gasteiger partial charge in [-0.1, -0.05) is 45.0 Å². The van der Waals surface area contributed by atoms with E-state index < -0.39 is 0 Å². The number of nitrogens with one attached hydrogen (secondary N) is 1. The Morgan fingerprint density at radius 2 is 1.76 bits per heavy atom.